The van der Waals surface area contributed by atoms with Crippen LogP contribution in [0.2, 0.25) is 0 Å². The zero-order valence-corrected chi connectivity index (χ0v) is 14.8. The van der Waals surface area contributed by atoms with E-state index >= 15 is 0 Å². The largest absolute Gasteiger partial charge is 0.352 e. The number of H-pyrrole nitrogens is 1. The maximum Gasteiger partial charge on any atom is 0.276 e. The summed E-state index contributed by atoms with van der Waals surface area (Å²) >= 11 is 1.44. The summed E-state index contributed by atoms with van der Waals surface area (Å²) in [6.07, 6.45) is 0. The minimum Gasteiger partial charge on any atom is -0.352 e. The average molecular weight is 375 g/mol. The molecule has 0 unspecified atom stereocenters. The maximum atomic E-state index is 12.2. The predicted octanol–water partition coefficient (Wildman–Crippen LogP) is 3.83. The van der Waals surface area contributed by atoms with Crippen molar-refractivity contribution >= 4 is 28.7 Å². The highest BCUT2D eigenvalue weighted by Crippen LogP contribution is 2.29. The zero-order chi connectivity index (χ0) is 18.6. The molecule has 0 bridgehead atoms. The van der Waals surface area contributed by atoms with Gasteiger partial charge < -0.3 is 10.3 Å². The van der Waals surface area contributed by atoms with Gasteiger partial charge in [-0.1, -0.05) is 30.3 Å². The molecule has 27 heavy (non-hydrogen) atoms. The zero-order valence-electron chi connectivity index (χ0n) is 14.0. The second kappa shape index (κ2) is 7.31. The van der Waals surface area contributed by atoms with Gasteiger partial charge in [0.2, 0.25) is 5.95 Å². The Morgan fingerprint density at radius 1 is 1.26 bits per heavy atom. The van der Waals surface area contributed by atoms with Gasteiger partial charge in [0.25, 0.3) is 11.2 Å². The normalized spacial score (nSPS) is 12.6. The van der Waals surface area contributed by atoms with Crippen LogP contribution in [0.1, 0.15) is 11.1 Å². The van der Waals surface area contributed by atoms with Crippen molar-refractivity contribution in [2.75, 3.05) is 11.9 Å². The third-order valence-corrected chi connectivity index (χ3v) is 4.83. The van der Waals surface area contributed by atoms with Crippen molar-refractivity contribution < 1.29 is 0 Å². The number of nitrogens with zero attached hydrogens (tertiary/aromatic N) is 5. The van der Waals surface area contributed by atoms with Gasteiger partial charge in [-0.2, -0.15) is 5.11 Å². The molecule has 0 saturated heterocycles. The molecule has 8 nitrogen and oxygen atoms in total. The molecule has 1 aliphatic heterocycles. The molecular weight excluding hydrogens is 362 g/mol. The summed E-state index contributed by atoms with van der Waals surface area (Å²) in [6, 6.07) is 11.6. The maximum absolute atomic E-state index is 12.2. The van der Waals surface area contributed by atoms with Crippen LogP contribution in [0.3, 0.4) is 0 Å². The van der Waals surface area contributed by atoms with E-state index in [9.17, 15) is 4.79 Å². The number of aromatic amines is 1. The van der Waals surface area contributed by atoms with Crippen molar-refractivity contribution in [2.24, 2.45) is 15.4 Å². The van der Waals surface area contributed by atoms with Gasteiger partial charge in [-0.05, 0) is 27.8 Å². The lowest BCUT2D eigenvalue weighted by molar-refractivity contribution is 1.04. The molecule has 9 heteroatoms. The topological polar surface area (TPSA) is 99.2 Å². The third-order valence-electron chi connectivity index (χ3n) is 3.96. The number of aromatic nitrogens is 2. The molecule has 0 radical (unpaired) electrons. The van der Waals surface area contributed by atoms with Gasteiger partial charge in [-0.25, -0.2) is 9.83 Å². The summed E-state index contributed by atoms with van der Waals surface area (Å²) in [7, 11) is 0. The van der Waals surface area contributed by atoms with E-state index in [1.165, 1.54) is 11.3 Å². The van der Waals surface area contributed by atoms with Crippen molar-refractivity contribution in [1.82, 2.24) is 9.97 Å². The fourth-order valence-corrected chi connectivity index (χ4v) is 3.32. The lowest BCUT2D eigenvalue weighted by Gasteiger charge is -2.09. The van der Waals surface area contributed by atoms with Gasteiger partial charge >= 0.3 is 0 Å². The van der Waals surface area contributed by atoms with E-state index < -0.39 is 5.56 Å². The number of nitrogens with one attached hydrogen (secondary N) is 2. The van der Waals surface area contributed by atoms with Crippen LogP contribution >= 0.6 is 11.3 Å². The third kappa shape index (κ3) is 3.51. The minimum absolute atomic E-state index is 0.000481. The minimum atomic E-state index is -0.451. The molecule has 3 heterocycles. The molecule has 0 fully saturated rings. The van der Waals surface area contributed by atoms with Crippen LogP contribution in [-0.4, -0.2) is 22.2 Å². The number of anilines is 1. The van der Waals surface area contributed by atoms with E-state index in [0.717, 1.165) is 21.7 Å². The van der Waals surface area contributed by atoms with Crippen molar-refractivity contribution in [1.29, 1.82) is 0 Å². The first-order chi connectivity index (χ1) is 13.2. The molecule has 132 valence electrons. The van der Waals surface area contributed by atoms with Crippen LogP contribution in [0.15, 0.2) is 62.0 Å². The van der Waals surface area contributed by atoms with Crippen molar-refractivity contribution in [3.05, 3.63) is 74.7 Å². The molecule has 0 atom stereocenters. The molecule has 0 aliphatic carbocycles. The summed E-state index contributed by atoms with van der Waals surface area (Å²) in [5.74, 6) is 0.331. The number of hydrogen-bond acceptors (Lipinski definition) is 7. The Morgan fingerprint density at radius 2 is 2.11 bits per heavy atom. The SMILES string of the molecule is [C-]#[N+]c1c(-c2cccs2)nc(NCc2ccc(C3=NN=NC3)cc2)[nH]c1=O. The second-order valence-corrected chi connectivity index (χ2v) is 6.63. The summed E-state index contributed by atoms with van der Waals surface area (Å²) in [6.45, 7) is 8.23. The smallest absolute Gasteiger partial charge is 0.276 e. The standard InChI is InChI=1S/C18H13N7OS/c1-19-16-15(14-3-2-8-27-14)22-18(23-17(16)26)20-9-11-4-6-12(7-5-11)13-10-21-25-24-13/h2-8H,9-10H2,(H2,20,22,23,26). The van der Waals surface area contributed by atoms with Crippen LogP contribution in [-0.2, 0) is 6.54 Å². The number of hydrogen-bond donors (Lipinski definition) is 2. The van der Waals surface area contributed by atoms with Crippen LogP contribution in [0.4, 0.5) is 11.6 Å². The molecule has 0 amide bonds. The molecular formula is C18H13N7OS. The van der Waals surface area contributed by atoms with E-state index in [4.69, 9.17) is 6.57 Å². The summed E-state index contributed by atoms with van der Waals surface area (Å²) in [5, 5.41) is 16.4. The lowest BCUT2D eigenvalue weighted by atomic mass is 10.1. The van der Waals surface area contributed by atoms with E-state index in [2.05, 4.69) is 35.6 Å². The first-order valence-corrected chi connectivity index (χ1v) is 8.95. The fourth-order valence-electron chi connectivity index (χ4n) is 2.61. The Kier molecular flexibility index (Phi) is 4.55. The molecule has 2 aromatic heterocycles. The fraction of sp³-hybridized carbons (Fsp3) is 0.111. The molecule has 2 N–H and O–H groups in total. The Labute approximate surface area is 158 Å². The highest BCUT2D eigenvalue weighted by Gasteiger charge is 2.14. The van der Waals surface area contributed by atoms with Crippen LogP contribution in [0, 0.1) is 6.57 Å². The van der Waals surface area contributed by atoms with Crippen LogP contribution < -0.4 is 10.9 Å². The van der Waals surface area contributed by atoms with Crippen LogP contribution in [0.25, 0.3) is 15.4 Å². The average Bonchev–Trinajstić information content (AvgIpc) is 3.40. The van der Waals surface area contributed by atoms with Crippen LogP contribution in [0.5, 0.6) is 0 Å². The number of rotatable bonds is 5. The lowest BCUT2D eigenvalue weighted by Crippen LogP contribution is -2.13. The van der Waals surface area contributed by atoms with E-state index in [1.54, 1.807) is 0 Å². The summed E-state index contributed by atoms with van der Waals surface area (Å²) in [4.78, 5) is 23.4. The molecule has 1 aromatic carbocycles. The van der Waals surface area contributed by atoms with E-state index in [0.29, 0.717) is 24.7 Å². The van der Waals surface area contributed by atoms with Gasteiger partial charge in [0.1, 0.15) is 6.54 Å². The summed E-state index contributed by atoms with van der Waals surface area (Å²) < 4.78 is 0. The van der Waals surface area contributed by atoms with E-state index in [1.807, 2.05) is 41.8 Å². The Morgan fingerprint density at radius 3 is 2.78 bits per heavy atom. The monoisotopic (exact) mass is 375 g/mol. The summed E-state index contributed by atoms with van der Waals surface area (Å²) in [5.41, 5.74) is 2.79. The molecule has 4 rings (SSSR count). The Balaban J connectivity index is 1.53. The van der Waals surface area contributed by atoms with Gasteiger partial charge in [-0.15, -0.1) is 16.4 Å². The number of thiophene rings is 1. The quantitative estimate of drug-likeness (QED) is 0.663. The van der Waals surface area contributed by atoms with Gasteiger partial charge in [0.05, 0.1) is 18.0 Å². The molecule has 1 aliphatic rings. The van der Waals surface area contributed by atoms with Gasteiger partial charge in [0.15, 0.2) is 0 Å². The highest BCUT2D eigenvalue weighted by molar-refractivity contribution is 7.13. The van der Waals surface area contributed by atoms with Crippen molar-refractivity contribution in [2.45, 2.75) is 6.54 Å². The van der Waals surface area contributed by atoms with Gasteiger partial charge in [0, 0.05) is 11.4 Å². The molecule has 0 saturated carbocycles. The van der Waals surface area contributed by atoms with Crippen molar-refractivity contribution in [3.63, 3.8) is 0 Å². The Bertz CT molecular complexity index is 1120. The molecule has 0 spiro atoms. The second-order valence-electron chi connectivity index (χ2n) is 5.69. The molecule has 3 aromatic rings. The van der Waals surface area contributed by atoms with E-state index in [-0.39, 0.29) is 5.69 Å². The Hall–Kier alpha value is -3.64. The van der Waals surface area contributed by atoms with Crippen molar-refractivity contribution in [3.8, 4) is 10.6 Å². The first-order valence-electron chi connectivity index (χ1n) is 8.07. The highest BCUT2D eigenvalue weighted by atomic mass is 32.1. The predicted molar refractivity (Wildman–Crippen MR) is 104 cm³/mol. The number of benzene rings is 1. The first kappa shape index (κ1) is 16.8. The van der Waals surface area contributed by atoms with Gasteiger partial charge in [-0.3, -0.25) is 4.79 Å².